The molecule has 0 saturated carbocycles. The number of halogens is 1. The third kappa shape index (κ3) is 4.40. The molecule has 0 rings (SSSR count). The van der Waals surface area contributed by atoms with E-state index >= 15 is 0 Å². The summed E-state index contributed by atoms with van der Waals surface area (Å²) in [7, 11) is 3.55. The monoisotopic (exact) mass is 267 g/mol. The van der Waals surface area contributed by atoms with Crippen molar-refractivity contribution in [3.05, 3.63) is 9.15 Å². The van der Waals surface area contributed by atoms with Crippen LogP contribution in [0.4, 0.5) is 0 Å². The summed E-state index contributed by atoms with van der Waals surface area (Å²) in [6.45, 7) is 4.04. The molecule has 0 aromatic carbocycles. The third-order valence-corrected chi connectivity index (χ3v) is 2.81. The summed E-state index contributed by atoms with van der Waals surface area (Å²) in [5, 5.41) is 0. The van der Waals surface area contributed by atoms with E-state index < -0.39 is 0 Å². The lowest BCUT2D eigenvalue weighted by atomic mass is 10.2. The first kappa shape index (κ1) is 10.9. The normalized spacial score (nSPS) is 9.18. The molecule has 0 saturated heterocycles. The van der Waals surface area contributed by atoms with Crippen LogP contribution in [0.25, 0.3) is 0 Å². The number of amides is 1. The fourth-order valence-electron chi connectivity index (χ4n) is 0.468. The zero-order valence-electron chi connectivity index (χ0n) is 7.44. The van der Waals surface area contributed by atoms with E-state index in [9.17, 15) is 4.79 Å². The van der Waals surface area contributed by atoms with Crippen molar-refractivity contribution in [1.29, 1.82) is 0 Å². The lowest BCUT2D eigenvalue weighted by Gasteiger charge is -2.09. The molecule has 3 heteroatoms. The van der Waals surface area contributed by atoms with Crippen molar-refractivity contribution in [2.24, 2.45) is 0 Å². The molecule has 0 spiro atoms. The van der Waals surface area contributed by atoms with Gasteiger partial charge in [0.25, 0.3) is 0 Å². The molecule has 0 aliphatic heterocycles. The molecular weight excluding hydrogens is 253 g/mol. The van der Waals surface area contributed by atoms with E-state index in [0.29, 0.717) is 6.42 Å². The van der Waals surface area contributed by atoms with E-state index in [1.54, 1.807) is 19.0 Å². The first-order chi connectivity index (χ1) is 4.95. The summed E-state index contributed by atoms with van der Waals surface area (Å²) in [6.07, 6.45) is 0.538. The molecule has 2 nitrogen and oxygen atoms in total. The number of carbonyl (C=O) groups excluding carboxylic acids is 1. The van der Waals surface area contributed by atoms with Crippen LogP contribution >= 0.6 is 22.6 Å². The van der Waals surface area contributed by atoms with Gasteiger partial charge in [-0.15, -0.1) is 0 Å². The Balaban J connectivity index is 4.07. The maximum absolute atomic E-state index is 11.1. The minimum absolute atomic E-state index is 0.163. The second-order valence-electron chi connectivity index (χ2n) is 2.87. The van der Waals surface area contributed by atoms with Gasteiger partial charge in [0.1, 0.15) is 0 Å². The van der Waals surface area contributed by atoms with Gasteiger partial charge in [-0.2, -0.15) is 0 Å². The molecule has 11 heavy (non-hydrogen) atoms. The van der Waals surface area contributed by atoms with Gasteiger partial charge in [-0.25, -0.2) is 0 Å². The van der Waals surface area contributed by atoms with E-state index in [-0.39, 0.29) is 5.91 Å². The van der Waals surface area contributed by atoms with Gasteiger partial charge in [0.2, 0.25) is 5.91 Å². The Morgan fingerprint density at radius 3 is 2.09 bits per heavy atom. The molecule has 0 aliphatic rings. The first-order valence-electron chi connectivity index (χ1n) is 3.47. The minimum atomic E-state index is 0.163. The second-order valence-corrected chi connectivity index (χ2v) is 4.17. The zero-order valence-corrected chi connectivity index (χ0v) is 9.60. The lowest BCUT2D eigenvalue weighted by Crippen LogP contribution is -2.21. The first-order valence-corrected chi connectivity index (χ1v) is 4.55. The van der Waals surface area contributed by atoms with Crippen molar-refractivity contribution in [1.82, 2.24) is 4.90 Å². The summed E-state index contributed by atoms with van der Waals surface area (Å²) in [5.74, 6) is 0.163. The highest BCUT2D eigenvalue weighted by Gasteiger charge is 2.05. The Bertz CT molecular complexity index is 181. The largest absolute Gasteiger partial charge is 0.349 e. The summed E-state index contributed by atoms with van der Waals surface area (Å²) in [6, 6.07) is 0. The Morgan fingerprint density at radius 1 is 1.36 bits per heavy atom. The van der Waals surface area contributed by atoms with E-state index in [4.69, 9.17) is 0 Å². The van der Waals surface area contributed by atoms with Crippen molar-refractivity contribution in [2.75, 3.05) is 14.1 Å². The average Bonchev–Trinajstić information content (AvgIpc) is 1.87. The van der Waals surface area contributed by atoms with Crippen LogP contribution in [0.1, 0.15) is 20.3 Å². The molecular formula is C8H14INO. The average molecular weight is 267 g/mol. The molecule has 0 unspecified atom stereocenters. The van der Waals surface area contributed by atoms with Gasteiger partial charge in [-0.3, -0.25) is 4.79 Å². The van der Waals surface area contributed by atoms with Crippen molar-refractivity contribution in [2.45, 2.75) is 20.3 Å². The highest BCUT2D eigenvalue weighted by Crippen LogP contribution is 2.16. The Hall–Kier alpha value is -0.0600. The standard InChI is InChI=1S/C8H14INO/c1-6(2)7(9)5-8(11)10(3)4/h5H2,1-4H3. The molecule has 64 valence electrons. The van der Waals surface area contributed by atoms with Crippen LogP contribution in [0, 0.1) is 0 Å². The number of allylic oxidation sites excluding steroid dienone is 1. The molecule has 0 aliphatic carbocycles. The SMILES string of the molecule is CC(C)=C(I)CC(=O)N(C)C. The van der Waals surface area contributed by atoms with Crippen LogP contribution in [-0.4, -0.2) is 24.9 Å². The number of nitrogens with zero attached hydrogens (tertiary/aromatic N) is 1. The molecule has 0 aromatic heterocycles. The summed E-state index contributed by atoms with van der Waals surface area (Å²) < 4.78 is 1.14. The molecule has 0 fully saturated rings. The van der Waals surface area contributed by atoms with E-state index in [1.165, 1.54) is 5.57 Å². The molecule has 0 heterocycles. The number of hydrogen-bond acceptors (Lipinski definition) is 1. The van der Waals surface area contributed by atoms with Gasteiger partial charge in [-0.05, 0) is 40.0 Å². The van der Waals surface area contributed by atoms with Gasteiger partial charge < -0.3 is 4.90 Å². The third-order valence-electron chi connectivity index (χ3n) is 1.35. The van der Waals surface area contributed by atoms with Gasteiger partial charge in [0, 0.05) is 14.1 Å². The van der Waals surface area contributed by atoms with Crippen LogP contribution < -0.4 is 0 Å². The molecule has 0 aromatic rings. The van der Waals surface area contributed by atoms with Gasteiger partial charge >= 0.3 is 0 Å². The highest BCUT2D eigenvalue weighted by molar-refractivity contribution is 14.1. The number of hydrogen-bond donors (Lipinski definition) is 0. The van der Waals surface area contributed by atoms with Crippen LogP contribution in [0.2, 0.25) is 0 Å². The second kappa shape index (κ2) is 4.74. The van der Waals surface area contributed by atoms with Gasteiger partial charge in [0.15, 0.2) is 0 Å². The minimum Gasteiger partial charge on any atom is -0.349 e. The molecule has 1 amide bonds. The Morgan fingerprint density at radius 2 is 1.82 bits per heavy atom. The smallest absolute Gasteiger partial charge is 0.226 e. The highest BCUT2D eigenvalue weighted by atomic mass is 127. The number of carbonyl (C=O) groups is 1. The molecule has 0 atom stereocenters. The Kier molecular flexibility index (Phi) is 4.72. The fraction of sp³-hybridized carbons (Fsp3) is 0.625. The van der Waals surface area contributed by atoms with Gasteiger partial charge in [-0.1, -0.05) is 5.57 Å². The van der Waals surface area contributed by atoms with Crippen molar-refractivity contribution in [3.63, 3.8) is 0 Å². The van der Waals surface area contributed by atoms with Gasteiger partial charge in [0.05, 0.1) is 6.42 Å². The Labute approximate surface area is 81.8 Å². The van der Waals surface area contributed by atoms with Crippen LogP contribution in [0.3, 0.4) is 0 Å². The summed E-state index contributed by atoms with van der Waals surface area (Å²) >= 11 is 2.21. The van der Waals surface area contributed by atoms with Crippen molar-refractivity contribution in [3.8, 4) is 0 Å². The van der Waals surface area contributed by atoms with Crippen LogP contribution in [0.5, 0.6) is 0 Å². The maximum Gasteiger partial charge on any atom is 0.226 e. The number of rotatable bonds is 2. The predicted octanol–water partition coefficient (Wildman–Crippen LogP) is 2.19. The van der Waals surface area contributed by atoms with E-state index in [2.05, 4.69) is 22.6 Å². The quantitative estimate of drug-likeness (QED) is 0.702. The lowest BCUT2D eigenvalue weighted by molar-refractivity contribution is -0.127. The zero-order chi connectivity index (χ0) is 9.02. The summed E-state index contributed by atoms with van der Waals surface area (Å²) in [5.41, 5.74) is 1.22. The van der Waals surface area contributed by atoms with Crippen molar-refractivity contribution < 1.29 is 4.79 Å². The van der Waals surface area contributed by atoms with E-state index in [0.717, 1.165) is 3.58 Å². The molecule has 0 bridgehead atoms. The predicted molar refractivity (Wildman–Crippen MR) is 55.7 cm³/mol. The molecule has 0 N–H and O–H groups in total. The van der Waals surface area contributed by atoms with E-state index in [1.807, 2.05) is 13.8 Å². The van der Waals surface area contributed by atoms with Crippen LogP contribution in [-0.2, 0) is 4.79 Å². The van der Waals surface area contributed by atoms with Crippen LogP contribution in [0.15, 0.2) is 9.15 Å². The fourth-order valence-corrected chi connectivity index (χ4v) is 0.794. The maximum atomic E-state index is 11.1. The summed E-state index contributed by atoms with van der Waals surface area (Å²) in [4.78, 5) is 12.8. The van der Waals surface area contributed by atoms with Crippen molar-refractivity contribution >= 4 is 28.5 Å². The topological polar surface area (TPSA) is 20.3 Å². The molecule has 0 radical (unpaired) electrons.